The monoisotopic (exact) mass is 394 g/mol. The fourth-order valence-electron chi connectivity index (χ4n) is 3.48. The van der Waals surface area contributed by atoms with Crippen LogP contribution in [0.3, 0.4) is 0 Å². The summed E-state index contributed by atoms with van der Waals surface area (Å²) < 4.78 is 5.29. The summed E-state index contributed by atoms with van der Waals surface area (Å²) in [6.07, 6.45) is 0. The second kappa shape index (κ2) is 9.07. The van der Waals surface area contributed by atoms with Gasteiger partial charge in [-0.05, 0) is 13.8 Å². The molecule has 0 radical (unpaired) electrons. The maximum absolute atomic E-state index is 12.6. The lowest BCUT2D eigenvalue weighted by molar-refractivity contribution is -0.137. The minimum atomic E-state index is -0.456. The van der Waals surface area contributed by atoms with Crippen LogP contribution in [0.4, 0.5) is 0 Å². The minimum Gasteiger partial charge on any atom is -0.378 e. The van der Waals surface area contributed by atoms with Gasteiger partial charge in [0.25, 0.3) is 11.8 Å². The first-order valence-corrected chi connectivity index (χ1v) is 9.87. The molecule has 3 heterocycles. The molecule has 148 valence electrons. The lowest BCUT2D eigenvalue weighted by atomic mass is 10.2. The average molecular weight is 395 g/mol. The third-order valence-electron chi connectivity index (χ3n) is 5.22. The molecular weight excluding hydrogens is 368 g/mol. The van der Waals surface area contributed by atoms with Gasteiger partial charge >= 0.3 is 0 Å². The highest BCUT2D eigenvalue weighted by molar-refractivity contribution is 6.47. The van der Waals surface area contributed by atoms with Crippen molar-refractivity contribution in [2.75, 3.05) is 65.6 Å². The van der Waals surface area contributed by atoms with Gasteiger partial charge in [0.2, 0.25) is 0 Å². The molecule has 3 rings (SSSR count). The molecule has 2 fully saturated rings. The van der Waals surface area contributed by atoms with Crippen molar-refractivity contribution in [2.24, 2.45) is 0 Å². The molecule has 0 bridgehead atoms. The van der Waals surface area contributed by atoms with Gasteiger partial charge in [0.1, 0.15) is 10.7 Å². The maximum Gasteiger partial charge on any atom is 0.279 e. The molecule has 0 aliphatic carbocycles. The standard InChI is InChI=1S/C19H27ClN4O3/c1-15(2)22-9-7-21(8-10-22)5-3-4-6-24-18(25)16(20)17(19(24)26)23-11-13-27-14-12-23/h15H,5-14H2,1-2H3. The Morgan fingerprint density at radius 1 is 0.963 bits per heavy atom. The SMILES string of the molecule is CC(C)N1CCN(CC#CCN2C(=O)C(Cl)=C(N3CCOCC3)C2=O)CC1. The topological polar surface area (TPSA) is 56.3 Å². The van der Waals surface area contributed by atoms with Gasteiger partial charge in [-0.1, -0.05) is 23.4 Å². The van der Waals surface area contributed by atoms with E-state index in [1.807, 2.05) is 4.90 Å². The van der Waals surface area contributed by atoms with Crippen LogP contribution in [0.1, 0.15) is 13.8 Å². The molecular formula is C19H27ClN4O3. The molecule has 0 spiro atoms. The van der Waals surface area contributed by atoms with Crippen molar-refractivity contribution in [3.8, 4) is 11.8 Å². The number of hydrogen-bond acceptors (Lipinski definition) is 6. The van der Waals surface area contributed by atoms with Crippen molar-refractivity contribution in [3.05, 3.63) is 10.7 Å². The molecule has 8 heteroatoms. The van der Waals surface area contributed by atoms with Crippen LogP contribution in [0.15, 0.2) is 10.7 Å². The fraction of sp³-hybridized carbons (Fsp3) is 0.684. The summed E-state index contributed by atoms with van der Waals surface area (Å²) in [6.45, 7) is 11.4. The van der Waals surface area contributed by atoms with Crippen LogP contribution in [-0.2, 0) is 14.3 Å². The normalized spacial score (nSPS) is 22.7. The zero-order valence-corrected chi connectivity index (χ0v) is 16.8. The summed E-state index contributed by atoms with van der Waals surface area (Å²) in [4.78, 5) is 32.7. The smallest absolute Gasteiger partial charge is 0.279 e. The van der Waals surface area contributed by atoms with E-state index in [-0.39, 0.29) is 23.2 Å². The van der Waals surface area contributed by atoms with Crippen molar-refractivity contribution < 1.29 is 14.3 Å². The maximum atomic E-state index is 12.6. The molecule has 0 aromatic rings. The number of morpholine rings is 1. The van der Waals surface area contributed by atoms with Gasteiger partial charge in [0.05, 0.1) is 26.3 Å². The van der Waals surface area contributed by atoms with Crippen LogP contribution in [0, 0.1) is 11.8 Å². The first-order chi connectivity index (χ1) is 13.0. The fourth-order valence-corrected chi connectivity index (χ4v) is 3.78. The van der Waals surface area contributed by atoms with Crippen LogP contribution >= 0.6 is 11.6 Å². The molecule has 0 aromatic heterocycles. The van der Waals surface area contributed by atoms with E-state index < -0.39 is 5.91 Å². The van der Waals surface area contributed by atoms with E-state index in [0.717, 1.165) is 31.1 Å². The van der Waals surface area contributed by atoms with E-state index in [1.54, 1.807) is 0 Å². The van der Waals surface area contributed by atoms with Gasteiger partial charge in [-0.15, -0.1) is 0 Å². The molecule has 3 aliphatic rings. The van der Waals surface area contributed by atoms with Crippen molar-refractivity contribution in [1.29, 1.82) is 0 Å². The highest BCUT2D eigenvalue weighted by Crippen LogP contribution is 2.27. The van der Waals surface area contributed by atoms with E-state index in [0.29, 0.717) is 38.9 Å². The number of piperazine rings is 1. The average Bonchev–Trinajstić information content (AvgIpc) is 2.89. The van der Waals surface area contributed by atoms with Gasteiger partial charge in [-0.3, -0.25) is 24.3 Å². The van der Waals surface area contributed by atoms with E-state index >= 15 is 0 Å². The number of nitrogens with zero attached hydrogens (tertiary/aromatic N) is 4. The number of rotatable bonds is 4. The number of ether oxygens (including phenoxy) is 1. The highest BCUT2D eigenvalue weighted by Gasteiger charge is 2.40. The van der Waals surface area contributed by atoms with Crippen molar-refractivity contribution >= 4 is 23.4 Å². The lowest BCUT2D eigenvalue weighted by Crippen LogP contribution is -2.48. The Bertz CT molecular complexity index is 668. The number of imide groups is 1. The van der Waals surface area contributed by atoms with Crippen LogP contribution in [0.25, 0.3) is 0 Å². The quantitative estimate of drug-likeness (QED) is 0.500. The number of carbonyl (C=O) groups is 2. The Morgan fingerprint density at radius 3 is 2.22 bits per heavy atom. The van der Waals surface area contributed by atoms with Crippen LogP contribution in [-0.4, -0.2) is 103 Å². The molecule has 27 heavy (non-hydrogen) atoms. The summed E-state index contributed by atoms with van der Waals surface area (Å²) in [7, 11) is 0. The largest absolute Gasteiger partial charge is 0.378 e. The molecule has 7 nitrogen and oxygen atoms in total. The molecule has 2 saturated heterocycles. The Labute approximate surface area is 165 Å². The van der Waals surface area contributed by atoms with Crippen molar-refractivity contribution in [3.63, 3.8) is 0 Å². The van der Waals surface area contributed by atoms with Gasteiger partial charge in [-0.25, -0.2) is 0 Å². The Hall–Kier alpha value is -1.59. The predicted molar refractivity (Wildman–Crippen MR) is 103 cm³/mol. The summed E-state index contributed by atoms with van der Waals surface area (Å²) in [5.41, 5.74) is 0.288. The van der Waals surface area contributed by atoms with Crippen LogP contribution in [0.5, 0.6) is 0 Å². The predicted octanol–water partition coefficient (Wildman–Crippen LogP) is 0.167. The Morgan fingerprint density at radius 2 is 1.59 bits per heavy atom. The number of halogens is 1. The Kier molecular flexibility index (Phi) is 6.77. The second-order valence-corrected chi connectivity index (χ2v) is 7.60. The molecule has 0 atom stereocenters. The summed E-state index contributed by atoms with van der Waals surface area (Å²) >= 11 is 6.15. The van der Waals surface area contributed by atoms with Gasteiger partial charge < -0.3 is 9.64 Å². The third-order valence-corrected chi connectivity index (χ3v) is 5.56. The van der Waals surface area contributed by atoms with Gasteiger partial charge in [0, 0.05) is 45.3 Å². The summed E-state index contributed by atoms with van der Waals surface area (Å²) in [6, 6.07) is 0.573. The van der Waals surface area contributed by atoms with Gasteiger partial charge in [0.15, 0.2) is 0 Å². The van der Waals surface area contributed by atoms with E-state index in [4.69, 9.17) is 16.3 Å². The van der Waals surface area contributed by atoms with Crippen LogP contribution in [0.2, 0.25) is 0 Å². The first kappa shape index (κ1) is 20.2. The second-order valence-electron chi connectivity index (χ2n) is 7.22. The van der Waals surface area contributed by atoms with Gasteiger partial charge in [-0.2, -0.15) is 0 Å². The van der Waals surface area contributed by atoms with E-state index in [1.165, 1.54) is 0 Å². The lowest BCUT2D eigenvalue weighted by Gasteiger charge is -2.36. The molecule has 0 N–H and O–H groups in total. The minimum absolute atomic E-state index is 0.00601. The first-order valence-electron chi connectivity index (χ1n) is 9.50. The third kappa shape index (κ3) is 4.64. The molecule has 3 aliphatic heterocycles. The molecule has 0 unspecified atom stereocenters. The molecule has 0 saturated carbocycles. The zero-order chi connectivity index (χ0) is 19.4. The number of amides is 2. The van der Waals surface area contributed by atoms with E-state index in [2.05, 4.69) is 35.5 Å². The number of carbonyl (C=O) groups excluding carboxylic acids is 2. The van der Waals surface area contributed by atoms with Crippen molar-refractivity contribution in [1.82, 2.24) is 19.6 Å². The Balaban J connectivity index is 1.50. The molecule has 2 amide bonds. The summed E-state index contributed by atoms with van der Waals surface area (Å²) in [5, 5.41) is -0.00601. The number of hydrogen-bond donors (Lipinski definition) is 0. The molecule has 0 aromatic carbocycles. The van der Waals surface area contributed by atoms with E-state index in [9.17, 15) is 9.59 Å². The van der Waals surface area contributed by atoms with Crippen LogP contribution < -0.4 is 0 Å². The highest BCUT2D eigenvalue weighted by atomic mass is 35.5. The zero-order valence-electron chi connectivity index (χ0n) is 16.0. The summed E-state index contributed by atoms with van der Waals surface area (Å²) in [5.74, 6) is 5.25. The van der Waals surface area contributed by atoms with Crippen molar-refractivity contribution in [2.45, 2.75) is 19.9 Å².